The van der Waals surface area contributed by atoms with E-state index < -0.39 is 0 Å². The first-order valence-electron chi connectivity index (χ1n) is 7.84. The number of carbonyl (C=O) groups is 1. The van der Waals surface area contributed by atoms with Gasteiger partial charge in [-0.1, -0.05) is 24.3 Å². The molecule has 2 rings (SSSR count). The van der Waals surface area contributed by atoms with Crippen molar-refractivity contribution in [1.82, 2.24) is 15.1 Å². The summed E-state index contributed by atoms with van der Waals surface area (Å²) in [5, 5.41) is 3.60. The molecule has 21 heavy (non-hydrogen) atoms. The molecular weight excluding hydrogens is 262 g/mol. The minimum atomic E-state index is 0.195. The molecule has 0 spiro atoms. The van der Waals surface area contributed by atoms with Crippen molar-refractivity contribution >= 4 is 5.91 Å². The third-order valence-electron chi connectivity index (χ3n) is 4.35. The van der Waals surface area contributed by atoms with E-state index >= 15 is 0 Å². The van der Waals surface area contributed by atoms with Crippen molar-refractivity contribution in [3.05, 3.63) is 35.4 Å². The highest BCUT2D eigenvalue weighted by molar-refractivity contribution is 5.73. The van der Waals surface area contributed by atoms with Crippen LogP contribution in [0.5, 0.6) is 0 Å². The van der Waals surface area contributed by atoms with E-state index in [2.05, 4.69) is 48.3 Å². The number of hydrogen-bond donors (Lipinski definition) is 1. The third-order valence-corrected chi connectivity index (χ3v) is 4.35. The predicted molar refractivity (Wildman–Crippen MR) is 86.3 cm³/mol. The molecule has 1 fully saturated rings. The van der Waals surface area contributed by atoms with Gasteiger partial charge in [0.15, 0.2) is 0 Å². The number of amides is 1. The Morgan fingerprint density at radius 3 is 2.52 bits per heavy atom. The van der Waals surface area contributed by atoms with Crippen LogP contribution in [0.2, 0.25) is 0 Å². The van der Waals surface area contributed by atoms with Gasteiger partial charge in [-0.25, -0.2) is 0 Å². The van der Waals surface area contributed by atoms with Gasteiger partial charge in [-0.3, -0.25) is 9.69 Å². The first-order chi connectivity index (χ1) is 10.1. The summed E-state index contributed by atoms with van der Waals surface area (Å²) >= 11 is 0. The largest absolute Gasteiger partial charge is 0.340 e. The molecule has 0 bridgehead atoms. The topological polar surface area (TPSA) is 35.6 Å². The van der Waals surface area contributed by atoms with Crippen LogP contribution in [-0.4, -0.2) is 55.0 Å². The first-order valence-corrected chi connectivity index (χ1v) is 7.84. The molecule has 0 aromatic heterocycles. The average molecular weight is 289 g/mol. The molecule has 1 heterocycles. The van der Waals surface area contributed by atoms with Gasteiger partial charge in [-0.05, 0) is 25.0 Å². The quantitative estimate of drug-likeness (QED) is 0.898. The number of benzene rings is 1. The number of carbonyl (C=O) groups excluding carboxylic acids is 1. The van der Waals surface area contributed by atoms with Gasteiger partial charge >= 0.3 is 0 Å². The van der Waals surface area contributed by atoms with E-state index in [4.69, 9.17) is 0 Å². The fourth-order valence-electron chi connectivity index (χ4n) is 2.91. The lowest BCUT2D eigenvalue weighted by molar-refractivity contribution is -0.130. The number of aryl methyl sites for hydroxylation is 1. The Morgan fingerprint density at radius 2 is 1.90 bits per heavy atom. The fraction of sp³-hybridized carbons (Fsp3) is 0.588. The minimum absolute atomic E-state index is 0.195. The van der Waals surface area contributed by atoms with Gasteiger partial charge in [0.1, 0.15) is 0 Å². The van der Waals surface area contributed by atoms with Crippen LogP contribution in [0.15, 0.2) is 24.3 Å². The Bertz CT molecular complexity index is 467. The molecule has 4 nitrogen and oxygen atoms in total. The molecule has 0 saturated carbocycles. The minimum Gasteiger partial charge on any atom is -0.340 e. The SMILES string of the molecule is CC(=O)N1CCN(CCNC(C)c2ccccc2C)CC1. The predicted octanol–water partition coefficient (Wildman–Crippen LogP) is 1.81. The maximum absolute atomic E-state index is 11.3. The lowest BCUT2D eigenvalue weighted by Gasteiger charge is -2.34. The number of nitrogens with one attached hydrogen (secondary N) is 1. The Kier molecular flexibility index (Phi) is 5.76. The summed E-state index contributed by atoms with van der Waals surface area (Å²) in [5.41, 5.74) is 2.71. The molecule has 1 saturated heterocycles. The average Bonchev–Trinajstić information content (AvgIpc) is 2.48. The number of nitrogens with zero attached hydrogens (tertiary/aromatic N) is 2. The van der Waals surface area contributed by atoms with Gasteiger partial charge in [0, 0.05) is 52.2 Å². The molecule has 1 unspecified atom stereocenters. The Balaban J connectivity index is 1.71. The molecule has 1 aliphatic heterocycles. The lowest BCUT2D eigenvalue weighted by Crippen LogP contribution is -2.49. The van der Waals surface area contributed by atoms with Crippen LogP contribution in [0.4, 0.5) is 0 Å². The molecule has 1 aliphatic rings. The van der Waals surface area contributed by atoms with Crippen molar-refractivity contribution in [2.75, 3.05) is 39.3 Å². The van der Waals surface area contributed by atoms with Crippen LogP contribution in [0, 0.1) is 6.92 Å². The second kappa shape index (κ2) is 7.57. The Morgan fingerprint density at radius 1 is 1.24 bits per heavy atom. The first kappa shape index (κ1) is 16.0. The molecule has 1 aromatic carbocycles. The monoisotopic (exact) mass is 289 g/mol. The van der Waals surface area contributed by atoms with Gasteiger partial charge in [0.05, 0.1) is 0 Å². The highest BCUT2D eigenvalue weighted by Crippen LogP contribution is 2.16. The number of piperazine rings is 1. The van der Waals surface area contributed by atoms with E-state index in [-0.39, 0.29) is 5.91 Å². The maximum Gasteiger partial charge on any atom is 0.219 e. The van der Waals surface area contributed by atoms with Crippen LogP contribution in [0.3, 0.4) is 0 Å². The summed E-state index contributed by atoms with van der Waals surface area (Å²) in [4.78, 5) is 15.7. The van der Waals surface area contributed by atoms with Crippen molar-refractivity contribution in [3.63, 3.8) is 0 Å². The van der Waals surface area contributed by atoms with E-state index in [1.807, 2.05) is 4.90 Å². The summed E-state index contributed by atoms with van der Waals surface area (Å²) in [7, 11) is 0. The standard InChI is InChI=1S/C17H27N3O/c1-14-6-4-5-7-17(14)15(2)18-8-9-19-10-12-20(13-11-19)16(3)21/h4-7,15,18H,8-13H2,1-3H3. The smallest absolute Gasteiger partial charge is 0.219 e. The van der Waals surface area contributed by atoms with Crippen molar-refractivity contribution in [2.24, 2.45) is 0 Å². The second-order valence-electron chi connectivity index (χ2n) is 5.88. The third kappa shape index (κ3) is 4.55. The zero-order chi connectivity index (χ0) is 15.2. The van der Waals surface area contributed by atoms with Gasteiger partial charge in [-0.2, -0.15) is 0 Å². The summed E-state index contributed by atoms with van der Waals surface area (Å²) < 4.78 is 0. The molecule has 1 N–H and O–H groups in total. The summed E-state index contributed by atoms with van der Waals surface area (Å²) in [6.45, 7) is 11.8. The van der Waals surface area contributed by atoms with Crippen LogP contribution in [0.1, 0.15) is 31.0 Å². The number of hydrogen-bond acceptors (Lipinski definition) is 3. The van der Waals surface area contributed by atoms with E-state index in [1.165, 1.54) is 11.1 Å². The van der Waals surface area contributed by atoms with Crippen molar-refractivity contribution < 1.29 is 4.79 Å². The molecule has 0 radical (unpaired) electrons. The Hall–Kier alpha value is -1.39. The van der Waals surface area contributed by atoms with Crippen LogP contribution < -0.4 is 5.32 Å². The molecule has 1 atom stereocenters. The van der Waals surface area contributed by atoms with Gasteiger partial charge in [0.25, 0.3) is 0 Å². The molecular formula is C17H27N3O. The fourth-order valence-corrected chi connectivity index (χ4v) is 2.91. The van der Waals surface area contributed by atoms with Crippen molar-refractivity contribution in [2.45, 2.75) is 26.8 Å². The van der Waals surface area contributed by atoms with E-state index in [0.29, 0.717) is 6.04 Å². The van der Waals surface area contributed by atoms with Crippen LogP contribution in [0.25, 0.3) is 0 Å². The van der Waals surface area contributed by atoms with Crippen LogP contribution >= 0.6 is 0 Å². The zero-order valence-electron chi connectivity index (χ0n) is 13.4. The Labute approximate surface area is 128 Å². The molecule has 4 heteroatoms. The van der Waals surface area contributed by atoms with Gasteiger partial charge < -0.3 is 10.2 Å². The zero-order valence-corrected chi connectivity index (χ0v) is 13.4. The molecule has 116 valence electrons. The highest BCUT2D eigenvalue weighted by Gasteiger charge is 2.18. The molecule has 1 amide bonds. The number of rotatable bonds is 5. The van der Waals surface area contributed by atoms with Gasteiger partial charge in [0.2, 0.25) is 5.91 Å². The molecule has 1 aromatic rings. The second-order valence-corrected chi connectivity index (χ2v) is 5.88. The van der Waals surface area contributed by atoms with Crippen molar-refractivity contribution in [1.29, 1.82) is 0 Å². The van der Waals surface area contributed by atoms with E-state index in [1.54, 1.807) is 6.92 Å². The highest BCUT2D eigenvalue weighted by atomic mass is 16.2. The normalized spacial score (nSPS) is 17.8. The summed E-state index contributed by atoms with van der Waals surface area (Å²) in [6.07, 6.45) is 0. The van der Waals surface area contributed by atoms with Crippen molar-refractivity contribution in [3.8, 4) is 0 Å². The van der Waals surface area contributed by atoms with E-state index in [9.17, 15) is 4.79 Å². The molecule has 0 aliphatic carbocycles. The lowest BCUT2D eigenvalue weighted by atomic mass is 10.0. The summed E-state index contributed by atoms with van der Waals surface area (Å²) in [5.74, 6) is 0.195. The van der Waals surface area contributed by atoms with Gasteiger partial charge in [-0.15, -0.1) is 0 Å². The van der Waals surface area contributed by atoms with E-state index in [0.717, 1.165) is 39.3 Å². The maximum atomic E-state index is 11.3. The summed E-state index contributed by atoms with van der Waals surface area (Å²) in [6, 6.07) is 8.92. The van der Waals surface area contributed by atoms with Crippen LogP contribution in [-0.2, 0) is 4.79 Å².